The van der Waals surface area contributed by atoms with Gasteiger partial charge in [-0.1, -0.05) is 18.2 Å². The van der Waals surface area contributed by atoms with Crippen molar-refractivity contribution in [3.8, 4) is 11.3 Å². The van der Waals surface area contributed by atoms with Gasteiger partial charge in [-0.25, -0.2) is 9.37 Å². The Morgan fingerprint density at radius 3 is 2.67 bits per heavy atom. The minimum Gasteiger partial charge on any atom is -0.298 e. The predicted molar refractivity (Wildman–Crippen MR) is 98.4 cm³/mol. The van der Waals surface area contributed by atoms with Gasteiger partial charge in [0.2, 0.25) is 0 Å². The number of aromatic nitrogens is 1. The lowest BCUT2D eigenvalue weighted by molar-refractivity contribution is 0.102. The molecule has 122 valence electrons. The predicted octanol–water partition coefficient (Wildman–Crippen LogP) is 5.23. The van der Waals surface area contributed by atoms with Crippen LogP contribution in [-0.4, -0.2) is 17.1 Å². The fraction of sp³-hybridized carbons (Fsp3) is 0.111. The first-order valence-corrected chi connectivity index (χ1v) is 9.34. The smallest absolute Gasteiger partial charge is 0.257 e. The molecule has 0 bridgehead atoms. The van der Waals surface area contributed by atoms with Crippen LogP contribution < -0.4 is 5.32 Å². The van der Waals surface area contributed by atoms with Crippen LogP contribution in [0.4, 0.5) is 9.52 Å². The zero-order chi connectivity index (χ0) is 17.1. The topological polar surface area (TPSA) is 42.0 Å². The number of carbonyl (C=O) groups excluding carboxylic acids is 1. The van der Waals surface area contributed by atoms with Gasteiger partial charge in [0.05, 0.1) is 5.69 Å². The number of halogens is 1. The van der Waals surface area contributed by atoms with Crippen molar-refractivity contribution in [2.75, 3.05) is 11.6 Å². The third-order valence-corrected chi connectivity index (χ3v) is 5.06. The molecule has 3 aromatic rings. The Morgan fingerprint density at radius 2 is 1.96 bits per heavy atom. The number of carbonyl (C=O) groups is 1. The molecular weight excluding hydrogens is 343 g/mol. The van der Waals surface area contributed by atoms with Crippen LogP contribution >= 0.6 is 23.1 Å². The fourth-order valence-corrected chi connectivity index (χ4v) is 3.35. The van der Waals surface area contributed by atoms with Gasteiger partial charge in [0.15, 0.2) is 5.13 Å². The number of thioether (sulfide) groups is 1. The van der Waals surface area contributed by atoms with E-state index in [9.17, 15) is 9.18 Å². The van der Waals surface area contributed by atoms with Gasteiger partial charge in [-0.05, 0) is 43.0 Å². The molecule has 0 aliphatic carbocycles. The Kier molecular flexibility index (Phi) is 4.97. The largest absolute Gasteiger partial charge is 0.298 e. The highest BCUT2D eigenvalue weighted by Crippen LogP contribution is 2.27. The maximum atomic E-state index is 13.3. The number of benzene rings is 2. The van der Waals surface area contributed by atoms with E-state index in [1.54, 1.807) is 24.8 Å². The number of rotatable bonds is 4. The highest BCUT2D eigenvalue weighted by molar-refractivity contribution is 7.98. The third-order valence-electron chi connectivity index (χ3n) is 3.55. The molecule has 0 radical (unpaired) electrons. The number of anilines is 1. The Labute approximate surface area is 148 Å². The lowest BCUT2D eigenvalue weighted by Gasteiger charge is -2.05. The van der Waals surface area contributed by atoms with E-state index in [0.717, 1.165) is 16.8 Å². The van der Waals surface area contributed by atoms with Gasteiger partial charge in [0.1, 0.15) is 5.82 Å². The van der Waals surface area contributed by atoms with Crippen LogP contribution in [0.2, 0.25) is 0 Å². The van der Waals surface area contributed by atoms with Crippen LogP contribution in [-0.2, 0) is 0 Å². The maximum Gasteiger partial charge on any atom is 0.257 e. The van der Waals surface area contributed by atoms with Crippen LogP contribution in [0.5, 0.6) is 0 Å². The van der Waals surface area contributed by atoms with Gasteiger partial charge in [-0.15, -0.1) is 23.1 Å². The molecule has 1 amide bonds. The molecule has 24 heavy (non-hydrogen) atoms. The summed E-state index contributed by atoms with van der Waals surface area (Å²) < 4.78 is 13.3. The van der Waals surface area contributed by atoms with E-state index in [2.05, 4.69) is 10.3 Å². The standard InChI is InChI=1S/C18H15FN2OS2/c1-11-3-6-13(19)9-15(11)17(22)21-18-20-16(10-24-18)12-4-7-14(23-2)8-5-12/h3-10H,1-2H3,(H,20,21,22). The molecule has 2 aromatic carbocycles. The summed E-state index contributed by atoms with van der Waals surface area (Å²) in [6.45, 7) is 1.77. The van der Waals surface area contributed by atoms with Crippen LogP contribution in [0.3, 0.4) is 0 Å². The molecule has 3 rings (SSSR count). The first-order valence-electron chi connectivity index (χ1n) is 7.24. The summed E-state index contributed by atoms with van der Waals surface area (Å²) in [7, 11) is 0. The molecule has 0 saturated heterocycles. The summed E-state index contributed by atoms with van der Waals surface area (Å²) in [4.78, 5) is 17.9. The highest BCUT2D eigenvalue weighted by atomic mass is 32.2. The summed E-state index contributed by atoms with van der Waals surface area (Å²) in [6.07, 6.45) is 2.03. The normalized spacial score (nSPS) is 10.6. The van der Waals surface area contributed by atoms with Crippen molar-refractivity contribution in [1.29, 1.82) is 0 Å². The zero-order valence-corrected chi connectivity index (χ0v) is 14.8. The average Bonchev–Trinajstić information content (AvgIpc) is 3.05. The number of hydrogen-bond donors (Lipinski definition) is 1. The summed E-state index contributed by atoms with van der Waals surface area (Å²) in [5.41, 5.74) is 2.83. The molecule has 1 N–H and O–H groups in total. The molecule has 1 aromatic heterocycles. The van der Waals surface area contributed by atoms with E-state index in [1.807, 2.05) is 35.9 Å². The Balaban J connectivity index is 1.78. The SMILES string of the molecule is CSc1ccc(-c2csc(NC(=O)c3cc(F)ccc3C)n2)cc1. The summed E-state index contributed by atoms with van der Waals surface area (Å²) in [6, 6.07) is 12.2. The number of hydrogen-bond acceptors (Lipinski definition) is 4. The van der Waals surface area contributed by atoms with Crippen molar-refractivity contribution in [3.05, 3.63) is 64.8 Å². The monoisotopic (exact) mass is 358 g/mol. The quantitative estimate of drug-likeness (QED) is 0.649. The maximum absolute atomic E-state index is 13.3. The number of nitrogens with one attached hydrogen (secondary N) is 1. The average molecular weight is 358 g/mol. The highest BCUT2D eigenvalue weighted by Gasteiger charge is 2.13. The van der Waals surface area contributed by atoms with E-state index in [1.165, 1.54) is 28.4 Å². The molecule has 0 spiro atoms. The van der Waals surface area contributed by atoms with Crippen molar-refractivity contribution in [1.82, 2.24) is 4.98 Å². The van der Waals surface area contributed by atoms with E-state index in [-0.39, 0.29) is 5.91 Å². The first-order chi connectivity index (χ1) is 11.6. The molecule has 0 unspecified atom stereocenters. The summed E-state index contributed by atoms with van der Waals surface area (Å²) in [5, 5.41) is 5.12. The van der Waals surface area contributed by atoms with E-state index < -0.39 is 5.82 Å². The van der Waals surface area contributed by atoms with E-state index in [0.29, 0.717) is 10.7 Å². The second kappa shape index (κ2) is 7.15. The minimum absolute atomic E-state index is 0.316. The summed E-state index contributed by atoms with van der Waals surface area (Å²) in [5.74, 6) is -0.787. The Bertz CT molecular complexity index is 875. The molecule has 0 saturated carbocycles. The molecular formula is C18H15FN2OS2. The molecule has 6 heteroatoms. The second-order valence-corrected chi connectivity index (χ2v) is 6.92. The van der Waals surface area contributed by atoms with Crippen molar-refractivity contribution in [3.63, 3.8) is 0 Å². The van der Waals surface area contributed by atoms with Crippen molar-refractivity contribution in [2.45, 2.75) is 11.8 Å². The first kappa shape index (κ1) is 16.7. The van der Waals surface area contributed by atoms with Gasteiger partial charge >= 0.3 is 0 Å². The number of aryl methyl sites for hydroxylation is 1. The van der Waals surface area contributed by atoms with Crippen LogP contribution in [0.25, 0.3) is 11.3 Å². The van der Waals surface area contributed by atoms with Crippen LogP contribution in [0, 0.1) is 12.7 Å². The van der Waals surface area contributed by atoms with Gasteiger partial charge in [0.25, 0.3) is 5.91 Å². The Hall–Kier alpha value is -2.18. The van der Waals surface area contributed by atoms with E-state index >= 15 is 0 Å². The van der Waals surface area contributed by atoms with Crippen molar-refractivity contribution >= 4 is 34.1 Å². The molecule has 3 nitrogen and oxygen atoms in total. The molecule has 0 aliphatic rings. The molecule has 0 atom stereocenters. The van der Waals surface area contributed by atoms with Crippen LogP contribution in [0.15, 0.2) is 52.7 Å². The minimum atomic E-state index is -0.431. The van der Waals surface area contributed by atoms with Crippen molar-refractivity contribution in [2.24, 2.45) is 0 Å². The number of amides is 1. The van der Waals surface area contributed by atoms with Gasteiger partial charge in [-0.3, -0.25) is 10.1 Å². The number of nitrogens with zero attached hydrogens (tertiary/aromatic N) is 1. The van der Waals surface area contributed by atoms with Gasteiger partial charge in [0, 0.05) is 21.4 Å². The lowest BCUT2D eigenvalue weighted by Crippen LogP contribution is -2.13. The third kappa shape index (κ3) is 3.66. The van der Waals surface area contributed by atoms with Crippen molar-refractivity contribution < 1.29 is 9.18 Å². The molecule has 1 heterocycles. The fourth-order valence-electron chi connectivity index (χ4n) is 2.23. The lowest BCUT2D eigenvalue weighted by atomic mass is 10.1. The molecule has 0 aliphatic heterocycles. The summed E-state index contributed by atoms with van der Waals surface area (Å²) >= 11 is 3.03. The van der Waals surface area contributed by atoms with Crippen LogP contribution in [0.1, 0.15) is 15.9 Å². The zero-order valence-electron chi connectivity index (χ0n) is 13.2. The van der Waals surface area contributed by atoms with Gasteiger partial charge in [-0.2, -0.15) is 0 Å². The molecule has 0 fully saturated rings. The number of thiazole rings is 1. The van der Waals surface area contributed by atoms with E-state index in [4.69, 9.17) is 0 Å². The Morgan fingerprint density at radius 1 is 1.21 bits per heavy atom. The van der Waals surface area contributed by atoms with Gasteiger partial charge < -0.3 is 0 Å². The second-order valence-electron chi connectivity index (χ2n) is 5.18.